The first-order valence-electron chi connectivity index (χ1n) is 17.3. The third-order valence-corrected chi connectivity index (χ3v) is 9.20. The Hall–Kier alpha value is -4.46. The predicted octanol–water partition coefficient (Wildman–Crippen LogP) is 6.22. The van der Waals surface area contributed by atoms with E-state index in [2.05, 4.69) is 88.3 Å². The van der Waals surface area contributed by atoms with Crippen LogP contribution in [0.5, 0.6) is 0 Å². The van der Waals surface area contributed by atoms with Gasteiger partial charge in [0.2, 0.25) is 5.91 Å². The summed E-state index contributed by atoms with van der Waals surface area (Å²) in [5.41, 5.74) is 4.57. The zero-order valence-corrected chi connectivity index (χ0v) is 28.2. The molecular formula is C41H50N4O3. The summed E-state index contributed by atoms with van der Waals surface area (Å²) < 4.78 is 0. The van der Waals surface area contributed by atoms with Crippen LogP contribution in [0.25, 0.3) is 0 Å². The number of hydrogen-bond donors (Lipinski definition) is 3. The summed E-state index contributed by atoms with van der Waals surface area (Å²) in [6.07, 6.45) is 1.61. The Balaban J connectivity index is 1.45. The molecule has 4 aromatic rings. The molecule has 4 atom stereocenters. The molecule has 1 aliphatic rings. The minimum atomic E-state index is -0.762. The van der Waals surface area contributed by atoms with Gasteiger partial charge in [0.25, 0.3) is 0 Å². The number of urea groups is 1. The van der Waals surface area contributed by atoms with Gasteiger partial charge in [-0.05, 0) is 53.9 Å². The largest absolute Gasteiger partial charge is 0.391 e. The maximum atomic E-state index is 14.1. The van der Waals surface area contributed by atoms with Gasteiger partial charge in [-0.1, -0.05) is 135 Å². The minimum Gasteiger partial charge on any atom is -0.391 e. The first-order chi connectivity index (χ1) is 23.4. The van der Waals surface area contributed by atoms with E-state index in [0.29, 0.717) is 45.4 Å². The summed E-state index contributed by atoms with van der Waals surface area (Å²) in [5.74, 6) is -0.255. The molecule has 1 heterocycles. The fourth-order valence-corrected chi connectivity index (χ4v) is 6.83. The fourth-order valence-electron chi connectivity index (χ4n) is 6.83. The topological polar surface area (TPSA) is 84.9 Å². The van der Waals surface area contributed by atoms with Gasteiger partial charge in [-0.25, -0.2) is 4.79 Å². The monoisotopic (exact) mass is 646 g/mol. The lowest BCUT2D eigenvalue weighted by Crippen LogP contribution is -2.59. The van der Waals surface area contributed by atoms with Gasteiger partial charge in [0, 0.05) is 38.3 Å². The van der Waals surface area contributed by atoms with Gasteiger partial charge in [-0.15, -0.1) is 0 Å². The molecule has 0 saturated carbocycles. The molecule has 0 aliphatic carbocycles. The van der Waals surface area contributed by atoms with E-state index in [1.54, 1.807) is 4.90 Å². The van der Waals surface area contributed by atoms with Gasteiger partial charge >= 0.3 is 6.03 Å². The quantitative estimate of drug-likeness (QED) is 0.135. The van der Waals surface area contributed by atoms with Crippen molar-refractivity contribution in [1.29, 1.82) is 0 Å². The Morgan fingerprint density at radius 2 is 1.25 bits per heavy atom. The average molecular weight is 647 g/mol. The maximum absolute atomic E-state index is 14.1. The normalized spacial score (nSPS) is 15.9. The highest BCUT2D eigenvalue weighted by atomic mass is 16.3. The molecule has 1 aliphatic heterocycles. The van der Waals surface area contributed by atoms with E-state index in [4.69, 9.17) is 0 Å². The molecule has 0 aromatic heterocycles. The van der Waals surface area contributed by atoms with E-state index in [1.165, 1.54) is 11.1 Å². The van der Waals surface area contributed by atoms with Crippen LogP contribution in [0.2, 0.25) is 0 Å². The molecule has 7 nitrogen and oxygen atoms in total. The van der Waals surface area contributed by atoms with E-state index >= 15 is 0 Å². The number of aliphatic hydroxyl groups excluding tert-OH is 1. The van der Waals surface area contributed by atoms with Crippen molar-refractivity contribution in [3.63, 3.8) is 0 Å². The number of nitrogens with zero attached hydrogens (tertiary/aromatic N) is 2. The number of nitrogens with one attached hydrogen (secondary N) is 2. The molecule has 0 bridgehead atoms. The standard InChI is InChI=1S/C41H50N4O3/c1-31(2)39(45-25-15-24-42-41(45)48)40(47)43-36(26-32-16-7-3-8-17-32)28-38(46)37(27-33-18-9-4-10-19-33)44(29-34-20-11-5-12-21-34)30-35-22-13-6-14-23-35/h3-14,16-23,31,36-39,46H,15,24-30H2,1-2H3,(H,42,48)(H,43,47). The van der Waals surface area contributed by atoms with Gasteiger partial charge in [-0.2, -0.15) is 0 Å². The third-order valence-electron chi connectivity index (χ3n) is 9.20. The highest BCUT2D eigenvalue weighted by molar-refractivity contribution is 5.87. The van der Waals surface area contributed by atoms with Crippen molar-refractivity contribution in [2.24, 2.45) is 5.92 Å². The SMILES string of the molecule is CC(C)C(C(=O)NC(Cc1ccccc1)CC(O)C(Cc1ccccc1)N(Cc1ccccc1)Cc1ccccc1)N1CCCNC1=O. The molecule has 1 fully saturated rings. The summed E-state index contributed by atoms with van der Waals surface area (Å²) in [5, 5.41) is 18.5. The van der Waals surface area contributed by atoms with Crippen LogP contribution >= 0.6 is 0 Å². The minimum absolute atomic E-state index is 0.0748. The van der Waals surface area contributed by atoms with Crippen LogP contribution in [0.1, 0.15) is 48.9 Å². The summed E-state index contributed by atoms with van der Waals surface area (Å²) in [6.45, 7) is 6.46. The molecule has 5 rings (SSSR count). The number of benzene rings is 4. The van der Waals surface area contributed by atoms with Crippen molar-refractivity contribution in [3.05, 3.63) is 144 Å². The van der Waals surface area contributed by atoms with Gasteiger partial charge < -0.3 is 20.6 Å². The highest BCUT2D eigenvalue weighted by Gasteiger charge is 2.36. The van der Waals surface area contributed by atoms with Crippen molar-refractivity contribution in [1.82, 2.24) is 20.4 Å². The highest BCUT2D eigenvalue weighted by Crippen LogP contribution is 2.23. The van der Waals surface area contributed by atoms with Crippen molar-refractivity contribution in [2.75, 3.05) is 13.1 Å². The Morgan fingerprint density at radius 3 is 1.73 bits per heavy atom. The second-order valence-corrected chi connectivity index (χ2v) is 13.3. The summed E-state index contributed by atoms with van der Waals surface area (Å²) in [7, 11) is 0. The Kier molecular flexibility index (Phi) is 12.8. The molecule has 252 valence electrons. The summed E-state index contributed by atoms with van der Waals surface area (Å²) in [6, 6.07) is 39.8. The van der Waals surface area contributed by atoms with Crippen LogP contribution in [0.3, 0.4) is 0 Å². The van der Waals surface area contributed by atoms with Crippen molar-refractivity contribution in [3.8, 4) is 0 Å². The van der Waals surface area contributed by atoms with Crippen LogP contribution in [0, 0.1) is 5.92 Å². The Labute approximate surface area is 286 Å². The second kappa shape index (κ2) is 17.6. The van der Waals surface area contributed by atoms with Crippen LogP contribution < -0.4 is 10.6 Å². The maximum Gasteiger partial charge on any atom is 0.318 e. The lowest BCUT2D eigenvalue weighted by Gasteiger charge is -2.38. The third kappa shape index (κ3) is 10.0. The number of hydrogen-bond acceptors (Lipinski definition) is 4. The van der Waals surface area contributed by atoms with E-state index in [0.717, 1.165) is 17.5 Å². The van der Waals surface area contributed by atoms with Crippen molar-refractivity contribution in [2.45, 2.75) is 76.8 Å². The molecule has 4 aromatic carbocycles. The van der Waals surface area contributed by atoms with Gasteiger partial charge in [0.05, 0.1) is 6.10 Å². The van der Waals surface area contributed by atoms with Gasteiger partial charge in [0.1, 0.15) is 6.04 Å². The van der Waals surface area contributed by atoms with Crippen LogP contribution in [0.4, 0.5) is 4.79 Å². The van der Waals surface area contributed by atoms with Crippen molar-refractivity contribution >= 4 is 11.9 Å². The number of amides is 3. The molecule has 0 radical (unpaired) electrons. The first-order valence-corrected chi connectivity index (χ1v) is 17.3. The molecular weight excluding hydrogens is 596 g/mol. The van der Waals surface area contributed by atoms with E-state index in [1.807, 2.05) is 62.4 Å². The molecule has 1 saturated heterocycles. The number of carbonyl (C=O) groups excluding carboxylic acids is 2. The molecule has 0 spiro atoms. The molecule has 48 heavy (non-hydrogen) atoms. The Morgan fingerprint density at radius 1 is 0.771 bits per heavy atom. The van der Waals surface area contributed by atoms with Gasteiger partial charge in [0.15, 0.2) is 0 Å². The van der Waals surface area contributed by atoms with Gasteiger partial charge in [-0.3, -0.25) is 9.69 Å². The molecule has 7 heteroatoms. The predicted molar refractivity (Wildman–Crippen MR) is 192 cm³/mol. The first kappa shape index (κ1) is 34.9. The van der Waals surface area contributed by atoms with Crippen LogP contribution in [0.15, 0.2) is 121 Å². The smallest absolute Gasteiger partial charge is 0.318 e. The van der Waals surface area contributed by atoms with E-state index in [9.17, 15) is 14.7 Å². The van der Waals surface area contributed by atoms with E-state index < -0.39 is 12.1 Å². The summed E-state index contributed by atoms with van der Waals surface area (Å²) in [4.78, 5) is 30.9. The molecule has 4 unspecified atom stereocenters. The van der Waals surface area contributed by atoms with Crippen LogP contribution in [-0.4, -0.2) is 64.2 Å². The number of aliphatic hydroxyl groups is 1. The lowest BCUT2D eigenvalue weighted by molar-refractivity contribution is -0.128. The summed E-state index contributed by atoms with van der Waals surface area (Å²) >= 11 is 0. The zero-order chi connectivity index (χ0) is 33.7. The average Bonchev–Trinajstić information content (AvgIpc) is 3.09. The molecule has 3 amide bonds. The molecule has 3 N–H and O–H groups in total. The Bertz CT molecular complexity index is 1490. The van der Waals surface area contributed by atoms with Crippen molar-refractivity contribution < 1.29 is 14.7 Å². The van der Waals surface area contributed by atoms with E-state index in [-0.39, 0.29) is 29.9 Å². The second-order valence-electron chi connectivity index (χ2n) is 13.3. The number of rotatable bonds is 16. The lowest BCUT2D eigenvalue weighted by atomic mass is 9.91. The van der Waals surface area contributed by atoms with Crippen LogP contribution in [-0.2, 0) is 30.7 Å². The number of carbonyl (C=O) groups is 2. The zero-order valence-electron chi connectivity index (χ0n) is 28.2. The fraction of sp³-hybridized carbons (Fsp3) is 0.366.